The van der Waals surface area contributed by atoms with Gasteiger partial charge in [0.25, 0.3) is 0 Å². The van der Waals surface area contributed by atoms with Crippen LogP contribution in [0.15, 0.2) is 53.0 Å². The van der Waals surface area contributed by atoms with Crippen molar-refractivity contribution in [2.75, 3.05) is 0 Å². The lowest BCUT2D eigenvalue weighted by molar-refractivity contribution is 1.31. The Balaban J connectivity index is 2.10. The van der Waals surface area contributed by atoms with E-state index in [1.54, 1.807) is 0 Å². The first kappa shape index (κ1) is 9.86. The van der Waals surface area contributed by atoms with E-state index < -0.39 is 0 Å². The van der Waals surface area contributed by atoms with Gasteiger partial charge in [0.2, 0.25) is 0 Å². The standard InChI is InChI=1S/C15H11Br/c16-15-6-2-5-13(10-15)14-8-7-11-3-1-4-12(11)9-14/h1-2,4-10H,3H2. The third-order valence-electron chi connectivity index (χ3n) is 2.94. The van der Waals surface area contributed by atoms with Crippen molar-refractivity contribution in [1.82, 2.24) is 0 Å². The number of halogens is 1. The maximum atomic E-state index is 3.51. The highest BCUT2D eigenvalue weighted by molar-refractivity contribution is 9.10. The van der Waals surface area contributed by atoms with Gasteiger partial charge in [-0.15, -0.1) is 0 Å². The molecule has 0 fully saturated rings. The second-order valence-electron chi connectivity index (χ2n) is 4.03. The van der Waals surface area contributed by atoms with Crippen LogP contribution in [0, 0.1) is 0 Å². The molecule has 1 aliphatic carbocycles. The maximum Gasteiger partial charge on any atom is 0.0181 e. The minimum atomic E-state index is 1.08. The van der Waals surface area contributed by atoms with Gasteiger partial charge in [-0.1, -0.05) is 52.3 Å². The lowest BCUT2D eigenvalue weighted by atomic mass is 10.0. The van der Waals surface area contributed by atoms with Crippen molar-refractivity contribution in [3.8, 4) is 11.1 Å². The van der Waals surface area contributed by atoms with Crippen molar-refractivity contribution in [2.45, 2.75) is 6.42 Å². The van der Waals surface area contributed by atoms with Crippen LogP contribution in [0.1, 0.15) is 11.1 Å². The molecule has 0 unspecified atom stereocenters. The highest BCUT2D eigenvalue weighted by Crippen LogP contribution is 2.28. The summed E-state index contributed by atoms with van der Waals surface area (Å²) in [6.45, 7) is 0. The maximum absolute atomic E-state index is 3.51. The number of fused-ring (bicyclic) bond motifs is 1. The van der Waals surface area contributed by atoms with Gasteiger partial charge in [0.05, 0.1) is 0 Å². The summed E-state index contributed by atoms with van der Waals surface area (Å²) in [7, 11) is 0. The zero-order valence-corrected chi connectivity index (χ0v) is 10.4. The molecule has 0 radical (unpaired) electrons. The molecule has 3 rings (SSSR count). The van der Waals surface area contributed by atoms with Gasteiger partial charge >= 0.3 is 0 Å². The average molecular weight is 271 g/mol. The van der Waals surface area contributed by atoms with E-state index in [0.717, 1.165) is 10.9 Å². The van der Waals surface area contributed by atoms with Crippen LogP contribution in [-0.4, -0.2) is 0 Å². The fourth-order valence-corrected chi connectivity index (χ4v) is 2.50. The molecule has 0 spiro atoms. The van der Waals surface area contributed by atoms with Crippen molar-refractivity contribution < 1.29 is 0 Å². The molecule has 78 valence electrons. The Morgan fingerprint density at radius 1 is 0.938 bits per heavy atom. The van der Waals surface area contributed by atoms with E-state index >= 15 is 0 Å². The molecule has 0 aromatic heterocycles. The van der Waals surface area contributed by atoms with E-state index in [4.69, 9.17) is 0 Å². The molecule has 0 heterocycles. The van der Waals surface area contributed by atoms with Gasteiger partial charge in [-0.25, -0.2) is 0 Å². The van der Waals surface area contributed by atoms with Crippen molar-refractivity contribution >= 4 is 22.0 Å². The van der Waals surface area contributed by atoms with Crippen LogP contribution in [-0.2, 0) is 6.42 Å². The van der Waals surface area contributed by atoms with Gasteiger partial charge in [0.1, 0.15) is 0 Å². The third kappa shape index (κ3) is 1.72. The predicted octanol–water partition coefficient (Wildman–Crippen LogP) is 4.69. The molecule has 0 atom stereocenters. The van der Waals surface area contributed by atoms with Crippen molar-refractivity contribution in [2.24, 2.45) is 0 Å². The second-order valence-corrected chi connectivity index (χ2v) is 4.95. The lowest BCUT2D eigenvalue weighted by Crippen LogP contribution is -1.83. The molecule has 0 amide bonds. The number of hydrogen-bond donors (Lipinski definition) is 0. The number of rotatable bonds is 1. The molecule has 1 aliphatic rings. The van der Waals surface area contributed by atoms with Crippen molar-refractivity contribution in [3.63, 3.8) is 0 Å². The zero-order chi connectivity index (χ0) is 11.0. The van der Waals surface area contributed by atoms with Crippen LogP contribution in [0.2, 0.25) is 0 Å². The summed E-state index contributed by atoms with van der Waals surface area (Å²) in [5.74, 6) is 0. The SMILES string of the molecule is Brc1cccc(-c2ccc3c(c2)C=CC3)c1. The quantitative estimate of drug-likeness (QED) is 0.706. The molecule has 2 aromatic carbocycles. The molecule has 0 N–H and O–H groups in total. The lowest BCUT2D eigenvalue weighted by Gasteiger charge is -2.05. The first-order chi connectivity index (χ1) is 7.83. The zero-order valence-electron chi connectivity index (χ0n) is 8.78. The van der Waals surface area contributed by atoms with Crippen LogP contribution in [0.25, 0.3) is 17.2 Å². The molecular formula is C15H11Br. The summed E-state index contributed by atoms with van der Waals surface area (Å²) in [5.41, 5.74) is 5.33. The van der Waals surface area contributed by atoms with E-state index in [9.17, 15) is 0 Å². The van der Waals surface area contributed by atoms with Crippen LogP contribution in [0.4, 0.5) is 0 Å². The molecular weight excluding hydrogens is 260 g/mol. The molecule has 1 heteroatoms. The minimum Gasteiger partial charge on any atom is -0.0795 e. The molecule has 2 aromatic rings. The summed E-state index contributed by atoms with van der Waals surface area (Å²) in [6.07, 6.45) is 5.50. The van der Waals surface area contributed by atoms with Gasteiger partial charge in [-0.05, 0) is 46.9 Å². The Morgan fingerprint density at radius 3 is 2.69 bits per heavy atom. The summed E-state index contributed by atoms with van der Waals surface area (Å²) >= 11 is 3.51. The fraction of sp³-hybridized carbons (Fsp3) is 0.0667. The van der Waals surface area contributed by atoms with Gasteiger partial charge < -0.3 is 0 Å². The third-order valence-corrected chi connectivity index (χ3v) is 3.43. The molecule has 0 saturated carbocycles. The Bertz CT molecular complexity index is 567. The first-order valence-corrected chi connectivity index (χ1v) is 6.18. The number of allylic oxidation sites excluding steroid dienone is 1. The molecule has 0 bridgehead atoms. The van der Waals surface area contributed by atoms with Crippen molar-refractivity contribution in [3.05, 3.63) is 64.1 Å². The topological polar surface area (TPSA) is 0 Å². The van der Waals surface area contributed by atoms with Crippen LogP contribution in [0.5, 0.6) is 0 Å². The Labute approximate surface area is 104 Å². The molecule has 0 saturated heterocycles. The molecule has 0 aliphatic heterocycles. The normalized spacial score (nSPS) is 12.8. The summed E-state index contributed by atoms with van der Waals surface area (Å²) in [4.78, 5) is 0. The number of hydrogen-bond acceptors (Lipinski definition) is 0. The number of benzene rings is 2. The van der Waals surface area contributed by atoms with Crippen LogP contribution >= 0.6 is 15.9 Å². The minimum absolute atomic E-state index is 1.08. The van der Waals surface area contributed by atoms with Crippen LogP contribution < -0.4 is 0 Å². The van der Waals surface area contributed by atoms with E-state index in [-0.39, 0.29) is 0 Å². The van der Waals surface area contributed by atoms with Crippen LogP contribution in [0.3, 0.4) is 0 Å². The smallest absolute Gasteiger partial charge is 0.0181 e. The van der Waals surface area contributed by atoms with E-state index in [1.165, 1.54) is 22.3 Å². The first-order valence-electron chi connectivity index (χ1n) is 5.38. The van der Waals surface area contributed by atoms with Gasteiger partial charge in [0, 0.05) is 4.47 Å². The Kier molecular flexibility index (Phi) is 2.41. The van der Waals surface area contributed by atoms with E-state index in [1.807, 2.05) is 0 Å². The van der Waals surface area contributed by atoms with Gasteiger partial charge in [0.15, 0.2) is 0 Å². The van der Waals surface area contributed by atoms with E-state index in [0.29, 0.717) is 0 Å². The summed E-state index contributed by atoms with van der Waals surface area (Å²) in [5, 5.41) is 0. The monoisotopic (exact) mass is 270 g/mol. The largest absolute Gasteiger partial charge is 0.0795 e. The van der Waals surface area contributed by atoms with Crippen molar-refractivity contribution in [1.29, 1.82) is 0 Å². The highest BCUT2D eigenvalue weighted by Gasteiger charge is 2.06. The molecule has 0 nitrogen and oxygen atoms in total. The Hall–Kier alpha value is -1.34. The summed E-state index contributed by atoms with van der Waals surface area (Å²) in [6, 6.07) is 15.1. The second kappa shape index (κ2) is 3.91. The van der Waals surface area contributed by atoms with Gasteiger partial charge in [-0.3, -0.25) is 0 Å². The Morgan fingerprint density at radius 2 is 1.81 bits per heavy atom. The van der Waals surface area contributed by atoms with E-state index in [2.05, 4.69) is 70.5 Å². The molecule has 16 heavy (non-hydrogen) atoms. The highest BCUT2D eigenvalue weighted by atomic mass is 79.9. The average Bonchev–Trinajstić information content (AvgIpc) is 2.75. The predicted molar refractivity (Wildman–Crippen MR) is 72.3 cm³/mol. The fourth-order valence-electron chi connectivity index (χ4n) is 2.10. The summed E-state index contributed by atoms with van der Waals surface area (Å²) < 4.78 is 1.13. The van der Waals surface area contributed by atoms with Gasteiger partial charge in [-0.2, -0.15) is 0 Å².